The van der Waals surface area contributed by atoms with Gasteiger partial charge in [0, 0.05) is 121 Å². The Labute approximate surface area is 733 Å². The van der Waals surface area contributed by atoms with Gasteiger partial charge in [-0.05, 0) is 67.1 Å². The van der Waals surface area contributed by atoms with Crippen molar-refractivity contribution in [2.75, 3.05) is 6.61 Å². The Kier molecular flexibility index (Phi) is 19.8. The number of benzene rings is 10. The first-order chi connectivity index (χ1) is 62.6. The molecule has 688 valence electrons. The molecule has 10 bridgehead atoms. The molecular formula is C86H62O47. The van der Waals surface area contributed by atoms with E-state index in [-0.39, 0.29) is 18.2 Å². The number of aliphatic hydroxyl groups is 2. The van der Waals surface area contributed by atoms with Crippen LogP contribution in [0, 0.1) is 17.8 Å². The molecule has 10 atom stereocenters. The third-order valence-corrected chi connectivity index (χ3v) is 24.5. The zero-order chi connectivity index (χ0) is 96.4. The zero-order valence-electron chi connectivity index (χ0n) is 66.2. The molecule has 0 fully saturated rings. The number of rotatable bonds is 5. The summed E-state index contributed by atoms with van der Waals surface area (Å²) in [5, 5.41) is 360. The van der Waals surface area contributed by atoms with E-state index in [1.165, 1.54) is 0 Å². The Bertz CT molecular complexity index is 7080. The van der Waals surface area contributed by atoms with Gasteiger partial charge in [0.15, 0.2) is 145 Å². The number of carbonyl (C=O) groups is 9. The first-order valence-corrected chi connectivity index (χ1v) is 38.7. The summed E-state index contributed by atoms with van der Waals surface area (Å²) in [6, 6.07) is 2.38. The van der Waals surface area contributed by atoms with Crippen molar-refractivity contribution in [2.24, 2.45) is 17.8 Å². The molecule has 47 heteroatoms. The van der Waals surface area contributed by atoms with E-state index in [2.05, 4.69) is 0 Å². The van der Waals surface area contributed by atoms with Gasteiger partial charge in [-0.3, -0.25) is 14.4 Å². The SMILES string of the molecule is O=C(OC1COC(=O)c2cc(O)c(O)c(O)c2-c2c(cc(O)c(O)c2O)C(=O)O[C@@H]1[C@@H]1CCc2cc(O)c(O)c(O)c2-c2c(O)c(O)c(O)c3c2C(=O)O[C@@H]1[C@H]3O)c1cc(O)c(O)c(O)c1Oc1cc2c(c(O)c1O)-c1c(cc(O)c(O)c1O)C(=O)CC[C@@H]1CC(=O)c3cc(O)c(O)c(O)c3-c3c(O)c(O)c(O)c4c3C(=O)O[C@H]([C@@H]1CC2=O)[C@H]1OC(=O)c2c-4c(O)c(O)c(O)c2[C@@H]1O. The summed E-state index contributed by atoms with van der Waals surface area (Å²) in [6.07, 6.45) is -26.2. The maximum Gasteiger partial charge on any atom is 0.342 e. The van der Waals surface area contributed by atoms with Crippen molar-refractivity contribution >= 4 is 53.2 Å². The third-order valence-electron chi connectivity index (χ3n) is 24.5. The molecule has 0 spiro atoms. The van der Waals surface area contributed by atoms with Gasteiger partial charge in [0.05, 0.1) is 27.8 Å². The Morgan fingerprint density at radius 3 is 1.20 bits per heavy atom. The number of hydrogen-bond acceptors (Lipinski definition) is 47. The van der Waals surface area contributed by atoms with Gasteiger partial charge in [-0.2, -0.15) is 0 Å². The molecule has 133 heavy (non-hydrogen) atoms. The molecule has 19 rings (SSSR count). The largest absolute Gasteiger partial charge is 0.504 e. The Balaban J connectivity index is 0.856. The van der Waals surface area contributed by atoms with Gasteiger partial charge in [-0.1, -0.05) is 0 Å². The lowest BCUT2D eigenvalue weighted by Crippen LogP contribution is -2.51. The van der Waals surface area contributed by atoms with Crippen LogP contribution >= 0.6 is 0 Å². The number of aryl methyl sites for hydroxylation is 1. The summed E-state index contributed by atoms with van der Waals surface area (Å²) in [7, 11) is 0. The van der Waals surface area contributed by atoms with Crippen LogP contribution in [-0.4, -0.2) is 249 Å². The maximum absolute atomic E-state index is 16.5. The fourth-order valence-corrected chi connectivity index (χ4v) is 18.3. The van der Waals surface area contributed by atoms with Crippen LogP contribution in [0.1, 0.15) is 154 Å². The minimum absolute atomic E-state index is 0.117. The number of cyclic esters (lactones) is 2. The van der Waals surface area contributed by atoms with Gasteiger partial charge in [0.25, 0.3) is 0 Å². The van der Waals surface area contributed by atoms with Crippen LogP contribution < -0.4 is 4.74 Å². The Morgan fingerprint density at radius 2 is 0.662 bits per heavy atom. The van der Waals surface area contributed by atoms with Crippen molar-refractivity contribution in [3.05, 3.63) is 109 Å². The van der Waals surface area contributed by atoms with Gasteiger partial charge in [-0.15, -0.1) is 0 Å². The van der Waals surface area contributed by atoms with E-state index in [4.69, 9.17) is 33.2 Å². The molecule has 1 unspecified atom stereocenters. The van der Waals surface area contributed by atoms with Crippen LogP contribution in [0.25, 0.3) is 55.6 Å². The first kappa shape index (κ1) is 87.0. The summed E-state index contributed by atoms with van der Waals surface area (Å²) < 4.78 is 41.3. The lowest BCUT2D eigenvalue weighted by atomic mass is 9.73. The highest BCUT2D eigenvalue weighted by Crippen LogP contribution is 2.66. The second-order valence-corrected chi connectivity index (χ2v) is 31.6. The van der Waals surface area contributed by atoms with E-state index in [1.54, 1.807) is 0 Å². The van der Waals surface area contributed by atoms with Crippen molar-refractivity contribution in [3.63, 3.8) is 0 Å². The summed E-state index contributed by atoms with van der Waals surface area (Å²) in [5.74, 6) is -73.3. The molecule has 2 aliphatic carbocycles. The second-order valence-electron chi connectivity index (χ2n) is 31.6. The molecule has 0 amide bonds. The van der Waals surface area contributed by atoms with E-state index in [1.807, 2.05) is 0 Å². The molecule has 9 aliphatic rings. The number of phenolic OH excluding ortho intramolecular Hbond substituents is 29. The molecule has 0 aromatic heterocycles. The standard InChI is InChI=1S/C86H62O47/c87-25-4-2-15-5-26(88)20-9-30(92)53(98)60(105)39(20)43-46-44(66(111)72(117)65(43)110)45-48-50(69(114)74(119)67(45)112)71(116)80(133-86(48)126)79(132-84(46)124)18(15)7-27(89)21-13-34(57(102)63(108)38(21)37-19(25)8-29(91)52(97)59(37)104)128-78-24(12-33(95)56(101)75(78)120)83(123)129-35-14-127-81(121)22-10-31(93)54(99)61(106)40(22)41-23(11-32(94)55(100)62(41)107)82(122)130-76(35)17-3-1-16-6-28(90)51(96)58(103)36(16)42-47-49(68(113)73(118)64(42)109)70(115)77(17)131-85(47)125/h6,8-13,15,17-18,35,70-71,76-77,79-80,90-120H,1-5,7,14H2/t15-,17+,18-,35?,70+,71+,76-,77+,79-,80+/m1/s1. The molecule has 10 aromatic rings. The monoisotopic (exact) mass is 1850 g/mol. The molecule has 47 nitrogen and oxygen atoms in total. The molecule has 7 heterocycles. The number of ketones is 3. The third kappa shape index (κ3) is 12.6. The van der Waals surface area contributed by atoms with Crippen LogP contribution in [0.15, 0.2) is 42.5 Å². The van der Waals surface area contributed by atoms with Gasteiger partial charge < -0.3 is 191 Å². The number of esters is 6. The fraction of sp³-hybridized carbons (Fsp3) is 0.198. The molecule has 0 saturated heterocycles. The number of hydrogen-bond donors (Lipinski definition) is 31. The number of aliphatic hydroxyl groups excluding tert-OH is 2. The van der Waals surface area contributed by atoms with Crippen LogP contribution in [-0.2, 0) is 34.8 Å². The maximum atomic E-state index is 16.5. The van der Waals surface area contributed by atoms with Gasteiger partial charge in [0.1, 0.15) is 42.7 Å². The first-order valence-electron chi connectivity index (χ1n) is 38.7. The second kappa shape index (κ2) is 30.3. The number of carbonyl (C=O) groups excluding carboxylic acids is 9. The van der Waals surface area contributed by atoms with Crippen molar-refractivity contribution in [1.29, 1.82) is 0 Å². The smallest absolute Gasteiger partial charge is 0.342 e. The van der Waals surface area contributed by atoms with Crippen LogP contribution in [0.5, 0.6) is 178 Å². The summed E-state index contributed by atoms with van der Waals surface area (Å²) >= 11 is 0. The van der Waals surface area contributed by atoms with Gasteiger partial charge in [0.2, 0.25) is 63.2 Å². The van der Waals surface area contributed by atoms with Crippen molar-refractivity contribution in [2.45, 2.75) is 81.3 Å². The number of Topliss-reactive ketones (excluding diaryl/α,β-unsaturated/α-hetero) is 3. The van der Waals surface area contributed by atoms with Crippen molar-refractivity contribution < 1.29 is 235 Å². The molecule has 0 saturated carbocycles. The average Bonchev–Trinajstić information content (AvgIpc) is 1.60. The zero-order valence-corrected chi connectivity index (χ0v) is 66.2. The highest BCUT2D eigenvalue weighted by molar-refractivity contribution is 6.19. The molecule has 0 radical (unpaired) electrons. The number of ether oxygens (including phenoxy) is 7. The molecule has 7 aliphatic heterocycles. The molecule has 31 N–H and O–H groups in total. The number of fused-ring (bicyclic) bond motifs is 13. The summed E-state index contributed by atoms with van der Waals surface area (Å²) in [4.78, 5) is 139. The lowest BCUT2D eigenvalue weighted by molar-refractivity contribution is -0.124. The topological polar surface area (TPSA) is 845 Å². The molecular weight excluding hydrogens is 1780 g/mol. The summed E-state index contributed by atoms with van der Waals surface area (Å²) in [6.45, 7) is -1.76. The van der Waals surface area contributed by atoms with E-state index < -0.39 is 459 Å². The predicted octanol–water partition coefficient (Wildman–Crippen LogP) is 6.21. The van der Waals surface area contributed by atoms with E-state index in [0.29, 0.717) is 24.3 Å². The highest BCUT2D eigenvalue weighted by Gasteiger charge is 2.57. The number of phenols is 29. The lowest BCUT2D eigenvalue weighted by Gasteiger charge is -2.42. The Morgan fingerprint density at radius 1 is 0.293 bits per heavy atom. The van der Waals surface area contributed by atoms with E-state index in [9.17, 15) is 173 Å². The fourth-order valence-electron chi connectivity index (χ4n) is 18.3. The van der Waals surface area contributed by atoms with E-state index in [0.717, 1.165) is 0 Å². The average molecular weight is 1850 g/mol. The highest BCUT2D eigenvalue weighted by atomic mass is 16.6. The number of aromatic hydroxyl groups is 29. The van der Waals surface area contributed by atoms with Gasteiger partial charge >= 0.3 is 35.8 Å². The minimum atomic E-state index is -2.89. The van der Waals surface area contributed by atoms with Crippen molar-refractivity contribution in [3.8, 4) is 234 Å². The van der Waals surface area contributed by atoms with Crippen LogP contribution in [0.2, 0.25) is 0 Å². The van der Waals surface area contributed by atoms with Crippen LogP contribution in [0.3, 0.4) is 0 Å². The van der Waals surface area contributed by atoms with Crippen molar-refractivity contribution in [1.82, 2.24) is 0 Å². The van der Waals surface area contributed by atoms with Crippen LogP contribution in [0.4, 0.5) is 0 Å². The Hall–Kier alpha value is -18.1. The molecule has 10 aromatic carbocycles. The predicted molar refractivity (Wildman–Crippen MR) is 424 cm³/mol. The van der Waals surface area contributed by atoms with Gasteiger partial charge in [-0.25, -0.2) is 28.8 Å². The quantitative estimate of drug-likeness (QED) is 0.0517. The minimum Gasteiger partial charge on any atom is -0.504 e. The summed E-state index contributed by atoms with van der Waals surface area (Å²) in [5.41, 5.74) is -27.3. The van der Waals surface area contributed by atoms with E-state index >= 15 is 28.8 Å². The normalized spacial score (nSPS) is 20.6.